The van der Waals surface area contributed by atoms with Gasteiger partial charge in [0.25, 0.3) is 11.8 Å². The molecule has 8 heteroatoms. The zero-order valence-corrected chi connectivity index (χ0v) is 15.3. The van der Waals surface area contributed by atoms with Crippen LogP contribution >= 0.6 is 0 Å². The van der Waals surface area contributed by atoms with Crippen LogP contribution in [0.5, 0.6) is 0 Å². The number of rotatable bonds is 5. The molecule has 2 aromatic heterocycles. The second kappa shape index (κ2) is 7.74. The molecule has 0 aromatic carbocycles. The van der Waals surface area contributed by atoms with Gasteiger partial charge in [0, 0.05) is 45.1 Å². The van der Waals surface area contributed by atoms with Gasteiger partial charge in [-0.05, 0) is 25.8 Å². The maximum atomic E-state index is 13.0. The summed E-state index contributed by atoms with van der Waals surface area (Å²) < 4.78 is 10.3. The van der Waals surface area contributed by atoms with Crippen molar-refractivity contribution >= 4 is 11.8 Å². The van der Waals surface area contributed by atoms with Crippen LogP contribution in [0.1, 0.15) is 56.6 Å². The number of aryl methyl sites for hydroxylation is 1. The van der Waals surface area contributed by atoms with E-state index < -0.39 is 0 Å². The number of piperidine rings is 1. The van der Waals surface area contributed by atoms with Gasteiger partial charge in [-0.2, -0.15) is 0 Å². The first-order chi connectivity index (χ1) is 12.6. The summed E-state index contributed by atoms with van der Waals surface area (Å²) in [4.78, 5) is 30.0. The number of aromatic amines is 1. The van der Waals surface area contributed by atoms with Gasteiger partial charge in [0.1, 0.15) is 5.76 Å². The van der Waals surface area contributed by atoms with Gasteiger partial charge in [-0.3, -0.25) is 9.59 Å². The van der Waals surface area contributed by atoms with E-state index in [1.54, 1.807) is 38.2 Å². The number of H-pyrrole nitrogens is 1. The Labute approximate surface area is 151 Å². The number of hydrogen-bond donors (Lipinski definition) is 2. The Bertz CT molecular complexity index is 795. The number of nitrogens with zero attached hydrogens (tertiary/aromatic N) is 2. The van der Waals surface area contributed by atoms with Crippen LogP contribution in [0.4, 0.5) is 0 Å². The monoisotopic (exact) mass is 360 g/mol. The van der Waals surface area contributed by atoms with Crippen molar-refractivity contribution in [3.05, 3.63) is 40.5 Å². The molecule has 0 aliphatic carbocycles. The van der Waals surface area contributed by atoms with Crippen LogP contribution in [0, 0.1) is 6.92 Å². The molecule has 2 N–H and O–H groups in total. The molecule has 8 nitrogen and oxygen atoms in total. The highest BCUT2D eigenvalue weighted by Crippen LogP contribution is 2.29. The van der Waals surface area contributed by atoms with Crippen molar-refractivity contribution in [2.24, 2.45) is 0 Å². The third-order valence-corrected chi connectivity index (χ3v) is 4.84. The molecule has 0 saturated carbocycles. The maximum absolute atomic E-state index is 13.0. The minimum Gasteiger partial charge on any atom is -0.380 e. The minimum atomic E-state index is -0.161. The molecule has 0 spiro atoms. The molecule has 3 heterocycles. The van der Waals surface area contributed by atoms with E-state index in [1.807, 2.05) is 0 Å². The summed E-state index contributed by atoms with van der Waals surface area (Å²) in [6.07, 6.45) is 3.54. The van der Waals surface area contributed by atoms with Gasteiger partial charge in [-0.15, -0.1) is 0 Å². The van der Waals surface area contributed by atoms with Crippen molar-refractivity contribution in [3.63, 3.8) is 0 Å². The van der Waals surface area contributed by atoms with Gasteiger partial charge < -0.3 is 24.5 Å². The number of likely N-dealkylation sites (tertiary alicyclic amines) is 1. The van der Waals surface area contributed by atoms with E-state index in [2.05, 4.69) is 15.5 Å². The second-order valence-corrected chi connectivity index (χ2v) is 6.47. The maximum Gasteiger partial charge on any atom is 0.276 e. The molecule has 3 rings (SSSR count). The number of carbonyl (C=O) groups excluding carboxylic acids is 2. The van der Waals surface area contributed by atoms with Crippen molar-refractivity contribution in [2.75, 3.05) is 27.2 Å². The predicted molar refractivity (Wildman–Crippen MR) is 94.0 cm³/mol. The summed E-state index contributed by atoms with van der Waals surface area (Å²) in [5, 5.41) is 6.59. The standard InChI is InChI=1S/C18H24N4O4/c1-11-14(10-25-3)16(21-26-11)18(24)22-8-4-5-12(9-22)15-13(6-7-20-15)17(23)19-2/h6-7,12,20H,4-5,8-10H2,1-3H3,(H,19,23). The third kappa shape index (κ3) is 3.37. The Hall–Kier alpha value is -2.61. The lowest BCUT2D eigenvalue weighted by Gasteiger charge is -2.32. The molecule has 140 valence electrons. The summed E-state index contributed by atoms with van der Waals surface area (Å²) in [6.45, 7) is 3.24. The number of amides is 2. The second-order valence-electron chi connectivity index (χ2n) is 6.47. The molecule has 0 radical (unpaired) electrons. The zero-order valence-electron chi connectivity index (χ0n) is 15.3. The van der Waals surface area contributed by atoms with Crippen LogP contribution in [-0.4, -0.2) is 54.1 Å². The van der Waals surface area contributed by atoms with Gasteiger partial charge in [0.15, 0.2) is 5.69 Å². The van der Waals surface area contributed by atoms with Gasteiger partial charge in [-0.25, -0.2) is 0 Å². The SMILES string of the molecule is CNC(=O)c1cc[nH]c1C1CCCN(C(=O)c2noc(C)c2COC)C1. The van der Waals surface area contributed by atoms with Gasteiger partial charge in [-0.1, -0.05) is 5.16 Å². The van der Waals surface area contributed by atoms with Gasteiger partial charge in [0.05, 0.1) is 17.7 Å². The summed E-state index contributed by atoms with van der Waals surface area (Å²) in [7, 11) is 3.18. The Morgan fingerprint density at radius 1 is 1.50 bits per heavy atom. The number of hydrogen-bond acceptors (Lipinski definition) is 5. The molecule has 1 aliphatic heterocycles. The van der Waals surface area contributed by atoms with E-state index in [-0.39, 0.29) is 24.3 Å². The molecule has 1 saturated heterocycles. The van der Waals surface area contributed by atoms with E-state index in [9.17, 15) is 9.59 Å². The van der Waals surface area contributed by atoms with Crippen LogP contribution in [0.25, 0.3) is 0 Å². The van der Waals surface area contributed by atoms with Crippen molar-refractivity contribution in [1.29, 1.82) is 0 Å². The van der Waals surface area contributed by atoms with E-state index in [0.29, 0.717) is 35.7 Å². The van der Waals surface area contributed by atoms with E-state index in [0.717, 1.165) is 18.5 Å². The summed E-state index contributed by atoms with van der Waals surface area (Å²) >= 11 is 0. The molecule has 1 unspecified atom stereocenters. The molecule has 0 bridgehead atoms. The fourth-order valence-corrected chi connectivity index (χ4v) is 3.47. The van der Waals surface area contributed by atoms with Crippen LogP contribution in [0.3, 0.4) is 0 Å². The Morgan fingerprint density at radius 2 is 2.31 bits per heavy atom. The first-order valence-electron chi connectivity index (χ1n) is 8.69. The molecule has 26 heavy (non-hydrogen) atoms. The van der Waals surface area contributed by atoms with Crippen LogP contribution in [0.15, 0.2) is 16.8 Å². The number of nitrogens with one attached hydrogen (secondary N) is 2. The van der Waals surface area contributed by atoms with E-state index in [4.69, 9.17) is 9.26 Å². The number of aromatic nitrogens is 2. The molecule has 1 fully saturated rings. The normalized spacial score (nSPS) is 17.3. The number of methoxy groups -OCH3 is 1. The minimum absolute atomic E-state index is 0.0777. The van der Waals surface area contributed by atoms with E-state index >= 15 is 0 Å². The lowest BCUT2D eigenvalue weighted by molar-refractivity contribution is 0.0691. The van der Waals surface area contributed by atoms with Crippen molar-refractivity contribution in [1.82, 2.24) is 20.4 Å². The fraction of sp³-hybridized carbons (Fsp3) is 0.500. The molecule has 1 aliphatic rings. The van der Waals surface area contributed by atoms with Gasteiger partial charge in [0.2, 0.25) is 0 Å². The highest BCUT2D eigenvalue weighted by molar-refractivity contribution is 5.96. The Balaban J connectivity index is 1.80. The Morgan fingerprint density at radius 3 is 3.04 bits per heavy atom. The first kappa shape index (κ1) is 18.2. The van der Waals surface area contributed by atoms with Crippen molar-refractivity contribution in [2.45, 2.75) is 32.3 Å². The number of carbonyl (C=O) groups is 2. The average Bonchev–Trinajstić information content (AvgIpc) is 3.29. The van der Waals surface area contributed by atoms with Gasteiger partial charge >= 0.3 is 0 Å². The highest BCUT2D eigenvalue weighted by Gasteiger charge is 2.31. The summed E-state index contributed by atoms with van der Waals surface area (Å²) in [5.74, 6) is 0.384. The van der Waals surface area contributed by atoms with Crippen LogP contribution in [-0.2, 0) is 11.3 Å². The number of ether oxygens (including phenoxy) is 1. The molecular formula is C18H24N4O4. The topological polar surface area (TPSA) is 100 Å². The molecule has 2 amide bonds. The predicted octanol–water partition coefficient (Wildman–Crippen LogP) is 1.84. The van der Waals surface area contributed by atoms with Crippen LogP contribution in [0.2, 0.25) is 0 Å². The average molecular weight is 360 g/mol. The third-order valence-electron chi connectivity index (χ3n) is 4.84. The summed E-state index contributed by atoms with van der Waals surface area (Å²) in [5.41, 5.74) is 2.49. The Kier molecular flexibility index (Phi) is 5.41. The van der Waals surface area contributed by atoms with Crippen molar-refractivity contribution < 1.29 is 18.8 Å². The molecule has 2 aromatic rings. The highest BCUT2D eigenvalue weighted by atomic mass is 16.5. The molecular weight excluding hydrogens is 336 g/mol. The largest absolute Gasteiger partial charge is 0.380 e. The lowest BCUT2D eigenvalue weighted by Crippen LogP contribution is -2.40. The smallest absolute Gasteiger partial charge is 0.276 e. The van der Waals surface area contributed by atoms with E-state index in [1.165, 1.54) is 0 Å². The van der Waals surface area contributed by atoms with Crippen molar-refractivity contribution in [3.8, 4) is 0 Å². The quantitative estimate of drug-likeness (QED) is 0.847. The summed E-state index contributed by atoms with van der Waals surface area (Å²) in [6, 6.07) is 1.77. The lowest BCUT2D eigenvalue weighted by atomic mass is 9.92. The fourth-order valence-electron chi connectivity index (χ4n) is 3.47. The first-order valence-corrected chi connectivity index (χ1v) is 8.69. The van der Waals surface area contributed by atoms with Crippen LogP contribution < -0.4 is 5.32 Å². The molecule has 1 atom stereocenters. The zero-order chi connectivity index (χ0) is 18.7.